The van der Waals surface area contributed by atoms with Crippen LogP contribution in [0, 0.1) is 11.3 Å². The Kier molecular flexibility index (Phi) is 7.99. The quantitative estimate of drug-likeness (QED) is 0.686. The molecule has 0 aliphatic heterocycles. The van der Waals surface area contributed by atoms with Crippen LogP contribution < -0.4 is 0 Å². The molecule has 0 heterocycles. The predicted molar refractivity (Wildman–Crippen MR) is 104 cm³/mol. The number of rotatable bonds is 7. The van der Waals surface area contributed by atoms with Gasteiger partial charge in [-0.2, -0.15) is 5.26 Å². The molecular weight excluding hydrogens is 346 g/mol. The van der Waals surface area contributed by atoms with Crippen molar-refractivity contribution in [1.29, 1.82) is 5.26 Å². The van der Waals surface area contributed by atoms with Crippen LogP contribution in [0.1, 0.15) is 48.9 Å². The maximum absolute atomic E-state index is 12.6. The van der Waals surface area contributed by atoms with Gasteiger partial charge in [-0.15, -0.1) is 11.8 Å². The summed E-state index contributed by atoms with van der Waals surface area (Å²) in [6.45, 7) is 0.400. The van der Waals surface area contributed by atoms with E-state index in [0.29, 0.717) is 30.3 Å². The minimum atomic E-state index is -0.114. The summed E-state index contributed by atoms with van der Waals surface area (Å²) in [7, 11) is 3.59. The highest BCUT2D eigenvalue weighted by molar-refractivity contribution is 8.00. The van der Waals surface area contributed by atoms with Gasteiger partial charge in [-0.05, 0) is 25.0 Å². The van der Waals surface area contributed by atoms with Gasteiger partial charge in [0.05, 0.1) is 23.8 Å². The molecule has 0 spiro atoms. The Morgan fingerprint density at radius 2 is 1.88 bits per heavy atom. The molecule has 0 saturated heterocycles. The SMILES string of the molecule is CN(CCC#N)C(=O)c1ccccc1SCC(=O)N(C)C1CCCCC1. The fourth-order valence-corrected chi connectivity index (χ4v) is 4.18. The van der Waals surface area contributed by atoms with Gasteiger partial charge in [-0.25, -0.2) is 0 Å². The van der Waals surface area contributed by atoms with Gasteiger partial charge in [0.15, 0.2) is 0 Å². The van der Waals surface area contributed by atoms with Crippen LogP contribution in [0.3, 0.4) is 0 Å². The van der Waals surface area contributed by atoms with E-state index in [1.165, 1.54) is 31.0 Å². The standard InChI is InChI=1S/C20H27N3O2S/c1-22(14-8-13-21)20(25)17-11-6-7-12-18(17)26-15-19(24)23(2)16-9-4-3-5-10-16/h6-7,11-12,16H,3-5,8-10,14-15H2,1-2H3. The second-order valence-corrected chi connectivity index (χ2v) is 7.73. The van der Waals surface area contributed by atoms with Crippen molar-refractivity contribution >= 4 is 23.6 Å². The van der Waals surface area contributed by atoms with Crippen LogP contribution in [0.25, 0.3) is 0 Å². The van der Waals surface area contributed by atoms with E-state index in [2.05, 4.69) is 6.07 Å². The normalized spacial score (nSPS) is 14.5. The zero-order valence-corrected chi connectivity index (χ0v) is 16.4. The summed E-state index contributed by atoms with van der Waals surface area (Å²) < 4.78 is 0. The Labute approximate surface area is 160 Å². The molecule has 1 saturated carbocycles. The number of amides is 2. The number of nitriles is 1. The lowest BCUT2D eigenvalue weighted by atomic mass is 9.94. The molecule has 1 aromatic carbocycles. The number of thioether (sulfide) groups is 1. The number of benzene rings is 1. The van der Waals surface area contributed by atoms with E-state index >= 15 is 0 Å². The van der Waals surface area contributed by atoms with Gasteiger partial charge in [-0.3, -0.25) is 9.59 Å². The fourth-order valence-electron chi connectivity index (χ4n) is 3.21. The summed E-state index contributed by atoms with van der Waals surface area (Å²) in [6, 6.07) is 9.77. The highest BCUT2D eigenvalue weighted by Gasteiger charge is 2.23. The minimum Gasteiger partial charge on any atom is -0.342 e. The first kappa shape index (κ1) is 20.3. The topological polar surface area (TPSA) is 64.4 Å². The van der Waals surface area contributed by atoms with Crippen molar-refractivity contribution in [2.24, 2.45) is 0 Å². The maximum Gasteiger partial charge on any atom is 0.254 e. The Morgan fingerprint density at radius 3 is 2.58 bits per heavy atom. The molecule has 0 bridgehead atoms. The molecule has 0 radical (unpaired) electrons. The van der Waals surface area contributed by atoms with Gasteiger partial charge in [0.1, 0.15) is 0 Å². The molecule has 0 N–H and O–H groups in total. The van der Waals surface area contributed by atoms with Crippen LogP contribution in [0.4, 0.5) is 0 Å². The highest BCUT2D eigenvalue weighted by atomic mass is 32.2. The molecule has 5 nitrogen and oxygen atoms in total. The Morgan fingerprint density at radius 1 is 1.19 bits per heavy atom. The van der Waals surface area contributed by atoms with Gasteiger partial charge in [0.25, 0.3) is 5.91 Å². The van der Waals surface area contributed by atoms with Crippen molar-refractivity contribution in [1.82, 2.24) is 9.80 Å². The molecule has 1 aromatic rings. The van der Waals surface area contributed by atoms with Crippen molar-refractivity contribution in [2.75, 3.05) is 26.4 Å². The fraction of sp³-hybridized carbons (Fsp3) is 0.550. The highest BCUT2D eigenvalue weighted by Crippen LogP contribution is 2.26. The van der Waals surface area contributed by atoms with E-state index in [0.717, 1.165) is 17.7 Å². The van der Waals surface area contributed by atoms with Crippen LogP contribution in [-0.2, 0) is 4.79 Å². The smallest absolute Gasteiger partial charge is 0.254 e. The number of nitrogens with zero attached hydrogens (tertiary/aromatic N) is 3. The Balaban J connectivity index is 1.98. The molecule has 0 aromatic heterocycles. The predicted octanol–water partition coefficient (Wildman–Crippen LogP) is 3.56. The largest absolute Gasteiger partial charge is 0.342 e. The average Bonchev–Trinajstić information content (AvgIpc) is 2.69. The summed E-state index contributed by atoms with van der Waals surface area (Å²) in [4.78, 5) is 29.4. The lowest BCUT2D eigenvalue weighted by Crippen LogP contribution is -2.39. The lowest BCUT2D eigenvalue weighted by molar-refractivity contribution is -0.129. The number of hydrogen-bond donors (Lipinski definition) is 0. The summed E-state index contributed by atoms with van der Waals surface area (Å²) in [5, 5.41) is 8.69. The van der Waals surface area contributed by atoms with Crippen molar-refractivity contribution in [3.05, 3.63) is 29.8 Å². The zero-order chi connectivity index (χ0) is 18.9. The first-order chi connectivity index (χ1) is 12.5. The summed E-state index contributed by atoms with van der Waals surface area (Å²) in [5.74, 6) is 0.331. The lowest BCUT2D eigenvalue weighted by Gasteiger charge is -2.31. The van der Waals surface area contributed by atoms with Crippen LogP contribution in [0.15, 0.2) is 29.2 Å². The van der Waals surface area contributed by atoms with E-state index in [9.17, 15) is 9.59 Å². The van der Waals surface area contributed by atoms with Crippen LogP contribution in [-0.4, -0.2) is 54.0 Å². The molecule has 1 fully saturated rings. The third kappa shape index (κ3) is 5.50. The molecule has 1 aliphatic carbocycles. The van der Waals surface area contributed by atoms with Gasteiger partial charge in [0.2, 0.25) is 5.91 Å². The first-order valence-corrected chi connectivity index (χ1v) is 10.1. The summed E-state index contributed by atoms with van der Waals surface area (Å²) in [5.41, 5.74) is 0.589. The van der Waals surface area contributed by atoms with Crippen molar-refractivity contribution in [3.8, 4) is 6.07 Å². The first-order valence-electron chi connectivity index (χ1n) is 9.14. The van der Waals surface area contributed by atoms with Crippen LogP contribution >= 0.6 is 11.8 Å². The molecule has 1 aliphatic rings. The summed E-state index contributed by atoms with van der Waals surface area (Å²) >= 11 is 1.41. The summed E-state index contributed by atoms with van der Waals surface area (Å²) in [6.07, 6.45) is 6.14. The minimum absolute atomic E-state index is 0.113. The van der Waals surface area contributed by atoms with Crippen LogP contribution in [0.2, 0.25) is 0 Å². The third-order valence-corrected chi connectivity index (χ3v) is 5.95. The van der Waals surface area contributed by atoms with E-state index in [4.69, 9.17) is 5.26 Å². The van der Waals surface area contributed by atoms with Crippen molar-refractivity contribution in [2.45, 2.75) is 49.5 Å². The molecule has 140 valence electrons. The monoisotopic (exact) mass is 373 g/mol. The Bertz CT molecular complexity index is 665. The average molecular weight is 374 g/mol. The molecule has 0 atom stereocenters. The second kappa shape index (κ2) is 10.2. The van der Waals surface area contributed by atoms with Crippen LogP contribution in [0.5, 0.6) is 0 Å². The van der Waals surface area contributed by atoms with Gasteiger partial charge >= 0.3 is 0 Å². The molecule has 26 heavy (non-hydrogen) atoms. The molecule has 2 amide bonds. The van der Waals surface area contributed by atoms with Gasteiger partial charge in [-0.1, -0.05) is 31.4 Å². The van der Waals surface area contributed by atoms with Crippen molar-refractivity contribution < 1.29 is 9.59 Å². The molecule has 2 rings (SSSR count). The van der Waals surface area contributed by atoms with E-state index in [-0.39, 0.29) is 11.8 Å². The third-order valence-electron chi connectivity index (χ3n) is 4.89. The molecule has 6 heteroatoms. The van der Waals surface area contributed by atoms with Gasteiger partial charge in [0, 0.05) is 31.6 Å². The number of carbonyl (C=O) groups excluding carboxylic acids is 2. The van der Waals surface area contributed by atoms with Crippen molar-refractivity contribution in [3.63, 3.8) is 0 Å². The number of carbonyl (C=O) groups is 2. The Hall–Kier alpha value is -2.00. The molecule has 0 unspecified atom stereocenters. The maximum atomic E-state index is 12.6. The zero-order valence-electron chi connectivity index (χ0n) is 15.6. The van der Waals surface area contributed by atoms with E-state index in [1.807, 2.05) is 30.1 Å². The number of hydrogen-bond acceptors (Lipinski definition) is 4. The molecular formula is C20H27N3O2S. The van der Waals surface area contributed by atoms with E-state index < -0.39 is 0 Å². The second-order valence-electron chi connectivity index (χ2n) is 6.72. The van der Waals surface area contributed by atoms with Gasteiger partial charge < -0.3 is 9.80 Å². The van der Waals surface area contributed by atoms with E-state index in [1.54, 1.807) is 18.0 Å².